The lowest BCUT2D eigenvalue weighted by Crippen LogP contribution is -2.32. The number of benzene rings is 2. The number of aromatic carboxylic acids is 1. The molecule has 1 aliphatic carbocycles. The summed E-state index contributed by atoms with van der Waals surface area (Å²) < 4.78 is 0. The Kier molecular flexibility index (Phi) is 3.78. The first-order valence-corrected chi connectivity index (χ1v) is 8.54. The second-order valence-corrected chi connectivity index (χ2v) is 7.04. The zero-order chi connectivity index (χ0) is 16.8. The molecule has 1 aliphatic heterocycles. The van der Waals surface area contributed by atoms with Gasteiger partial charge in [-0.15, -0.1) is 0 Å². The monoisotopic (exact) mass is 358 g/mol. The quantitative estimate of drug-likeness (QED) is 0.819. The highest BCUT2D eigenvalue weighted by Gasteiger charge is 2.39. The number of carbonyl (C=O) groups excluding carboxylic acids is 1. The lowest BCUT2D eigenvalue weighted by molar-refractivity contribution is -0.254. The zero-order valence-electron chi connectivity index (χ0n) is 12.6. The number of rotatable bonds is 2. The Morgan fingerprint density at radius 3 is 2.75 bits per heavy atom. The molecule has 2 aromatic carbocycles. The lowest BCUT2D eigenvalue weighted by atomic mass is 9.76. The van der Waals surface area contributed by atoms with Crippen LogP contribution >= 0.6 is 23.2 Å². The first-order chi connectivity index (χ1) is 11.6. The molecule has 1 heterocycles. The summed E-state index contributed by atoms with van der Waals surface area (Å²) in [6, 6.07) is 10.7. The Morgan fingerprint density at radius 1 is 1.17 bits per heavy atom. The number of allylic oxidation sites excluding steroid dienone is 2. The second kappa shape index (κ2) is 5.83. The third-order valence-corrected chi connectivity index (χ3v) is 5.48. The standard InChI is InChI=1S/C19H15Cl2NO2/c20-10-7-8-14(16(21)9-10)17-12-4-1-3-11(12)13-5-2-6-15(19(23)24)18(13)22-17/h1-3,5-9,11-12,17,22H,4H2,(H,23,24)/p-1/t11-,12+,17-/m0/s1. The summed E-state index contributed by atoms with van der Waals surface area (Å²) in [5.74, 6) is -0.730. The van der Waals surface area contributed by atoms with E-state index in [2.05, 4.69) is 17.5 Å². The molecule has 5 heteroatoms. The molecule has 0 bridgehead atoms. The van der Waals surface area contributed by atoms with Gasteiger partial charge < -0.3 is 15.2 Å². The number of hydrogen-bond donors (Lipinski definition) is 1. The molecule has 0 radical (unpaired) electrons. The topological polar surface area (TPSA) is 52.2 Å². The van der Waals surface area contributed by atoms with Gasteiger partial charge in [-0.1, -0.05) is 59.6 Å². The maximum Gasteiger partial charge on any atom is 0.0736 e. The maximum atomic E-state index is 11.5. The van der Waals surface area contributed by atoms with E-state index in [4.69, 9.17) is 23.2 Å². The third-order valence-electron chi connectivity index (χ3n) is 4.91. The molecule has 3 nitrogen and oxygen atoms in total. The van der Waals surface area contributed by atoms with Crippen molar-refractivity contribution in [1.82, 2.24) is 0 Å². The molecule has 0 spiro atoms. The molecule has 0 saturated carbocycles. The summed E-state index contributed by atoms with van der Waals surface area (Å²) >= 11 is 12.4. The number of carboxylic acids is 1. The van der Waals surface area contributed by atoms with Crippen molar-refractivity contribution in [3.8, 4) is 0 Å². The van der Waals surface area contributed by atoms with E-state index < -0.39 is 5.97 Å². The summed E-state index contributed by atoms with van der Waals surface area (Å²) in [6.07, 6.45) is 5.21. The molecule has 0 amide bonds. The summed E-state index contributed by atoms with van der Waals surface area (Å²) in [6.45, 7) is 0. The summed E-state index contributed by atoms with van der Waals surface area (Å²) in [5, 5.41) is 16.1. The molecule has 1 N–H and O–H groups in total. The molecule has 2 aromatic rings. The largest absolute Gasteiger partial charge is 0.545 e. The molecule has 2 aliphatic rings. The lowest BCUT2D eigenvalue weighted by Gasteiger charge is -2.39. The molecule has 0 fully saturated rings. The maximum absolute atomic E-state index is 11.5. The van der Waals surface area contributed by atoms with Gasteiger partial charge in [0, 0.05) is 27.2 Å². The first kappa shape index (κ1) is 15.6. The van der Waals surface area contributed by atoms with Gasteiger partial charge in [-0.25, -0.2) is 0 Å². The molecule has 0 saturated heterocycles. The fraction of sp³-hybridized carbons (Fsp3) is 0.211. The van der Waals surface area contributed by atoms with Crippen LogP contribution in [0.5, 0.6) is 0 Å². The number of anilines is 1. The smallest absolute Gasteiger partial charge is 0.0736 e. The van der Waals surface area contributed by atoms with Crippen LogP contribution in [0.4, 0.5) is 5.69 Å². The highest BCUT2D eigenvalue weighted by molar-refractivity contribution is 6.35. The van der Waals surface area contributed by atoms with Crippen molar-refractivity contribution in [3.63, 3.8) is 0 Å². The van der Waals surface area contributed by atoms with Crippen molar-refractivity contribution in [2.45, 2.75) is 18.4 Å². The van der Waals surface area contributed by atoms with E-state index in [1.54, 1.807) is 18.2 Å². The van der Waals surface area contributed by atoms with E-state index >= 15 is 0 Å². The Morgan fingerprint density at radius 2 is 2.00 bits per heavy atom. The van der Waals surface area contributed by atoms with E-state index in [0.717, 1.165) is 17.5 Å². The average Bonchev–Trinajstić information content (AvgIpc) is 3.03. The summed E-state index contributed by atoms with van der Waals surface area (Å²) in [5.41, 5.74) is 2.73. The Bertz CT molecular complexity index is 862. The van der Waals surface area contributed by atoms with E-state index in [1.165, 1.54) is 0 Å². The minimum Gasteiger partial charge on any atom is -0.545 e. The number of carbonyl (C=O) groups is 1. The number of halogens is 2. The average molecular weight is 359 g/mol. The second-order valence-electron chi connectivity index (χ2n) is 6.20. The van der Waals surface area contributed by atoms with E-state index in [0.29, 0.717) is 15.7 Å². The minimum atomic E-state index is -1.18. The molecule has 122 valence electrons. The fourth-order valence-corrected chi connectivity index (χ4v) is 4.38. The van der Waals surface area contributed by atoms with Crippen LogP contribution in [-0.2, 0) is 0 Å². The van der Waals surface area contributed by atoms with Gasteiger partial charge in [0.25, 0.3) is 0 Å². The van der Waals surface area contributed by atoms with Gasteiger partial charge in [0.15, 0.2) is 0 Å². The molecule has 24 heavy (non-hydrogen) atoms. The Labute approximate surface area is 149 Å². The number of carboxylic acid groups (broad SMARTS) is 1. The highest BCUT2D eigenvalue weighted by Crippen LogP contribution is 2.51. The number of fused-ring (bicyclic) bond motifs is 3. The third kappa shape index (κ3) is 2.40. The van der Waals surface area contributed by atoms with Crippen molar-refractivity contribution >= 4 is 34.9 Å². The van der Waals surface area contributed by atoms with Gasteiger partial charge in [0.1, 0.15) is 0 Å². The molecule has 0 aromatic heterocycles. The molecule has 3 atom stereocenters. The van der Waals surface area contributed by atoms with Crippen molar-refractivity contribution in [3.05, 3.63) is 75.3 Å². The SMILES string of the molecule is O=C([O-])c1cccc2c1N[C@H](c1ccc(Cl)cc1Cl)[C@@H]1CC=C[C@H]21. The van der Waals surface area contributed by atoms with E-state index in [1.807, 2.05) is 18.2 Å². The molecule has 4 rings (SSSR count). The van der Waals surface area contributed by atoms with Crippen molar-refractivity contribution in [2.24, 2.45) is 5.92 Å². The van der Waals surface area contributed by atoms with Crippen LogP contribution in [0.1, 0.15) is 39.9 Å². The van der Waals surface area contributed by atoms with Crippen molar-refractivity contribution in [1.29, 1.82) is 0 Å². The first-order valence-electron chi connectivity index (χ1n) is 7.78. The van der Waals surface area contributed by atoms with Gasteiger partial charge in [-0.3, -0.25) is 0 Å². The predicted octanol–water partition coefficient (Wildman–Crippen LogP) is 4.18. The summed E-state index contributed by atoms with van der Waals surface area (Å²) in [7, 11) is 0. The fourth-order valence-electron chi connectivity index (χ4n) is 3.85. The van der Waals surface area contributed by atoms with Crippen LogP contribution in [-0.4, -0.2) is 5.97 Å². The van der Waals surface area contributed by atoms with Crippen LogP contribution in [0.25, 0.3) is 0 Å². The van der Waals surface area contributed by atoms with Gasteiger partial charge in [0.05, 0.1) is 12.0 Å². The minimum absolute atomic E-state index is 0.0808. The molecular weight excluding hydrogens is 345 g/mol. The van der Waals surface area contributed by atoms with E-state index in [-0.39, 0.29) is 23.4 Å². The predicted molar refractivity (Wildman–Crippen MR) is 93.6 cm³/mol. The molecule has 0 unspecified atom stereocenters. The number of hydrogen-bond acceptors (Lipinski definition) is 3. The van der Waals surface area contributed by atoms with Gasteiger partial charge in [-0.05, 0) is 35.6 Å². The Hall–Kier alpha value is -1.97. The van der Waals surface area contributed by atoms with Crippen LogP contribution in [0, 0.1) is 5.92 Å². The summed E-state index contributed by atoms with van der Waals surface area (Å²) in [4.78, 5) is 11.5. The van der Waals surface area contributed by atoms with Crippen LogP contribution in [0.3, 0.4) is 0 Å². The highest BCUT2D eigenvalue weighted by atomic mass is 35.5. The Balaban J connectivity index is 1.86. The van der Waals surface area contributed by atoms with Crippen LogP contribution in [0.2, 0.25) is 10.0 Å². The van der Waals surface area contributed by atoms with Gasteiger partial charge in [-0.2, -0.15) is 0 Å². The van der Waals surface area contributed by atoms with Crippen LogP contribution in [0.15, 0.2) is 48.6 Å². The van der Waals surface area contributed by atoms with E-state index in [9.17, 15) is 9.90 Å². The van der Waals surface area contributed by atoms with Crippen molar-refractivity contribution < 1.29 is 9.90 Å². The molecular formula is C19H14Cl2NO2-. The number of para-hydroxylation sites is 1. The number of nitrogens with one attached hydrogen (secondary N) is 1. The van der Waals surface area contributed by atoms with Crippen molar-refractivity contribution in [2.75, 3.05) is 5.32 Å². The van der Waals surface area contributed by atoms with Gasteiger partial charge >= 0.3 is 0 Å². The van der Waals surface area contributed by atoms with Gasteiger partial charge in [0.2, 0.25) is 0 Å². The van der Waals surface area contributed by atoms with Crippen LogP contribution < -0.4 is 10.4 Å². The normalized spacial score (nSPS) is 24.2. The zero-order valence-corrected chi connectivity index (χ0v) is 14.1.